The summed E-state index contributed by atoms with van der Waals surface area (Å²) in [5.74, 6) is 1.76. The van der Waals surface area contributed by atoms with Gasteiger partial charge in [-0.05, 0) is 24.9 Å². The van der Waals surface area contributed by atoms with Crippen molar-refractivity contribution in [3.05, 3.63) is 0 Å². The summed E-state index contributed by atoms with van der Waals surface area (Å²) in [5, 5.41) is 0. The lowest BCUT2D eigenvalue weighted by molar-refractivity contribution is -0.200. The quantitative estimate of drug-likeness (QED) is 0.642. The van der Waals surface area contributed by atoms with E-state index in [-0.39, 0.29) is 10.4 Å². The fourth-order valence-corrected chi connectivity index (χ4v) is 5.72. The fourth-order valence-electron chi connectivity index (χ4n) is 2.14. The summed E-state index contributed by atoms with van der Waals surface area (Å²) in [6, 6.07) is 0. The third kappa shape index (κ3) is 5.10. The van der Waals surface area contributed by atoms with Gasteiger partial charge in [0.1, 0.15) is 0 Å². The zero-order chi connectivity index (χ0) is 14.4. The molecular formula is C13H26O4S2. The van der Waals surface area contributed by atoms with Crippen molar-refractivity contribution < 1.29 is 18.9 Å². The molecule has 0 amide bonds. The predicted octanol–water partition coefficient (Wildman–Crippen LogP) is 2.96. The van der Waals surface area contributed by atoms with E-state index in [0.717, 1.165) is 24.3 Å². The fraction of sp³-hybridized carbons (Fsp3) is 1.00. The van der Waals surface area contributed by atoms with Crippen LogP contribution in [0.4, 0.5) is 0 Å². The van der Waals surface area contributed by atoms with Gasteiger partial charge >= 0.3 is 0 Å². The van der Waals surface area contributed by atoms with Crippen LogP contribution in [0.15, 0.2) is 0 Å². The van der Waals surface area contributed by atoms with Crippen LogP contribution in [-0.2, 0) is 18.9 Å². The van der Waals surface area contributed by atoms with Gasteiger partial charge in [-0.15, -0.1) is 23.5 Å². The third-order valence-corrected chi connectivity index (χ3v) is 6.84. The van der Waals surface area contributed by atoms with E-state index in [0.29, 0.717) is 0 Å². The Morgan fingerprint density at radius 3 is 2.00 bits per heavy atom. The van der Waals surface area contributed by atoms with Crippen molar-refractivity contribution in [2.24, 2.45) is 0 Å². The van der Waals surface area contributed by atoms with Crippen molar-refractivity contribution in [3.63, 3.8) is 0 Å². The van der Waals surface area contributed by atoms with Crippen LogP contribution in [0.1, 0.15) is 26.2 Å². The van der Waals surface area contributed by atoms with Crippen LogP contribution in [0.25, 0.3) is 0 Å². The van der Waals surface area contributed by atoms with Gasteiger partial charge in [0.25, 0.3) is 0 Å². The Morgan fingerprint density at radius 1 is 1.05 bits per heavy atom. The Hall–Kier alpha value is 0.540. The van der Waals surface area contributed by atoms with Crippen LogP contribution < -0.4 is 0 Å². The molecular weight excluding hydrogens is 284 g/mol. The molecule has 0 bridgehead atoms. The first-order valence-corrected chi connectivity index (χ1v) is 8.44. The summed E-state index contributed by atoms with van der Waals surface area (Å²) in [7, 11) is 6.76. The smallest absolute Gasteiger partial charge is 0.166 e. The van der Waals surface area contributed by atoms with Gasteiger partial charge in [0.05, 0.1) is 4.08 Å². The molecule has 114 valence electrons. The van der Waals surface area contributed by atoms with Crippen molar-refractivity contribution in [1.82, 2.24) is 0 Å². The van der Waals surface area contributed by atoms with Gasteiger partial charge in [-0.25, -0.2) is 0 Å². The molecule has 0 aromatic rings. The lowest BCUT2D eigenvalue weighted by atomic mass is 10.1. The van der Waals surface area contributed by atoms with Crippen molar-refractivity contribution in [1.29, 1.82) is 0 Å². The number of methoxy groups -OCH3 is 4. The third-order valence-electron chi connectivity index (χ3n) is 3.48. The lowest BCUT2D eigenvalue weighted by Crippen LogP contribution is -2.42. The Morgan fingerprint density at radius 2 is 1.58 bits per heavy atom. The maximum absolute atomic E-state index is 5.53. The van der Waals surface area contributed by atoms with Gasteiger partial charge < -0.3 is 18.9 Å². The number of ether oxygens (including phenoxy) is 4. The highest BCUT2D eigenvalue weighted by Gasteiger charge is 2.43. The first-order chi connectivity index (χ1) is 9.03. The molecule has 1 rings (SSSR count). The van der Waals surface area contributed by atoms with E-state index in [1.165, 1.54) is 6.42 Å². The van der Waals surface area contributed by atoms with E-state index < -0.39 is 5.79 Å². The molecule has 1 saturated heterocycles. The van der Waals surface area contributed by atoms with E-state index in [2.05, 4.69) is 0 Å². The molecule has 1 aliphatic rings. The molecule has 0 aromatic carbocycles. The summed E-state index contributed by atoms with van der Waals surface area (Å²) >= 11 is 3.94. The molecule has 0 unspecified atom stereocenters. The maximum Gasteiger partial charge on any atom is 0.166 e. The van der Waals surface area contributed by atoms with Gasteiger partial charge in [0, 0.05) is 41.3 Å². The highest BCUT2D eigenvalue weighted by molar-refractivity contribution is 8.18. The van der Waals surface area contributed by atoms with E-state index in [1.807, 2.05) is 30.4 Å². The van der Waals surface area contributed by atoms with Gasteiger partial charge in [-0.1, -0.05) is 0 Å². The van der Waals surface area contributed by atoms with Crippen molar-refractivity contribution in [2.75, 3.05) is 39.9 Å². The van der Waals surface area contributed by atoms with Crippen LogP contribution in [0.3, 0.4) is 0 Å². The Bertz CT molecular complexity index is 249. The first kappa shape index (κ1) is 17.6. The second kappa shape index (κ2) is 8.10. The minimum absolute atomic E-state index is 0.0235. The van der Waals surface area contributed by atoms with Crippen LogP contribution in [0, 0.1) is 0 Å². The maximum atomic E-state index is 5.53. The van der Waals surface area contributed by atoms with E-state index in [1.54, 1.807) is 28.4 Å². The summed E-state index contributed by atoms with van der Waals surface area (Å²) in [4.78, 5) is 0. The molecule has 0 aromatic heterocycles. The minimum Gasteiger partial charge on any atom is -0.356 e. The van der Waals surface area contributed by atoms with Crippen molar-refractivity contribution in [2.45, 2.75) is 42.3 Å². The molecule has 1 aliphatic heterocycles. The van der Waals surface area contributed by atoms with Crippen molar-refractivity contribution in [3.8, 4) is 0 Å². The zero-order valence-electron chi connectivity index (χ0n) is 12.6. The summed E-state index contributed by atoms with van der Waals surface area (Å²) in [6.45, 7) is 1.99. The summed E-state index contributed by atoms with van der Waals surface area (Å²) in [5.41, 5.74) is 0. The van der Waals surface area contributed by atoms with Gasteiger partial charge in [0.15, 0.2) is 12.1 Å². The van der Waals surface area contributed by atoms with E-state index in [9.17, 15) is 0 Å². The lowest BCUT2D eigenvalue weighted by Gasteiger charge is -2.42. The summed E-state index contributed by atoms with van der Waals surface area (Å²) < 4.78 is 21.8. The number of rotatable bonds is 8. The molecule has 0 atom stereocenters. The molecule has 6 heteroatoms. The Balaban J connectivity index is 2.80. The highest BCUT2D eigenvalue weighted by atomic mass is 32.2. The standard InChI is InChI=1S/C13H26O4S2/c1-12(16-4,17-5)10-13(9-11(14-2)15-3)18-7-6-8-19-13/h11H,6-10H2,1-5H3. The molecule has 19 heavy (non-hydrogen) atoms. The predicted molar refractivity (Wildman–Crippen MR) is 81.7 cm³/mol. The molecule has 0 aliphatic carbocycles. The van der Waals surface area contributed by atoms with Crippen LogP contribution >= 0.6 is 23.5 Å². The molecule has 1 heterocycles. The normalized spacial score (nSPS) is 19.9. The number of thioether (sulfide) groups is 2. The van der Waals surface area contributed by atoms with Gasteiger partial charge in [-0.2, -0.15) is 0 Å². The van der Waals surface area contributed by atoms with Crippen LogP contribution in [0.5, 0.6) is 0 Å². The van der Waals surface area contributed by atoms with E-state index in [4.69, 9.17) is 18.9 Å². The number of hydrogen-bond acceptors (Lipinski definition) is 6. The number of hydrogen-bond donors (Lipinski definition) is 0. The molecule has 0 N–H and O–H groups in total. The Kier molecular flexibility index (Phi) is 7.50. The SMILES string of the molecule is COC(CC1(CC(C)(OC)OC)SCCCS1)OC. The molecule has 0 saturated carbocycles. The van der Waals surface area contributed by atoms with Crippen molar-refractivity contribution >= 4 is 23.5 Å². The second-order valence-electron chi connectivity index (χ2n) is 4.79. The average Bonchev–Trinajstić information content (AvgIpc) is 2.45. The molecule has 1 fully saturated rings. The van der Waals surface area contributed by atoms with Crippen LogP contribution in [0.2, 0.25) is 0 Å². The highest BCUT2D eigenvalue weighted by Crippen LogP contribution is 2.51. The van der Waals surface area contributed by atoms with Crippen LogP contribution in [-0.4, -0.2) is 56.1 Å². The second-order valence-corrected chi connectivity index (χ2v) is 8.00. The molecule has 0 radical (unpaired) electrons. The first-order valence-electron chi connectivity index (χ1n) is 6.47. The Labute approximate surface area is 125 Å². The van der Waals surface area contributed by atoms with E-state index >= 15 is 0 Å². The largest absolute Gasteiger partial charge is 0.356 e. The average molecular weight is 310 g/mol. The van der Waals surface area contributed by atoms with Gasteiger partial charge in [0.2, 0.25) is 0 Å². The zero-order valence-corrected chi connectivity index (χ0v) is 14.2. The van der Waals surface area contributed by atoms with Gasteiger partial charge in [-0.3, -0.25) is 0 Å². The molecule has 4 nitrogen and oxygen atoms in total. The topological polar surface area (TPSA) is 36.9 Å². The molecule has 0 spiro atoms. The summed E-state index contributed by atoms with van der Waals surface area (Å²) in [6.07, 6.45) is 2.71. The minimum atomic E-state index is -0.566. The monoisotopic (exact) mass is 310 g/mol.